The first-order valence-corrected chi connectivity index (χ1v) is 10.3. The molecule has 0 aliphatic rings. The van der Waals surface area contributed by atoms with E-state index >= 15 is 0 Å². The van der Waals surface area contributed by atoms with Gasteiger partial charge in [0.05, 0.1) is 30.9 Å². The lowest BCUT2D eigenvalue weighted by Gasteiger charge is -2.21. The Labute approximate surface area is 160 Å². The molecule has 2 aromatic rings. The maximum atomic E-state index is 13.1. The molecule has 0 aliphatic heterocycles. The summed E-state index contributed by atoms with van der Waals surface area (Å²) in [7, 11) is -3.89. The number of amides is 1. The molecule has 0 saturated carbocycles. The van der Waals surface area contributed by atoms with Gasteiger partial charge in [-0.05, 0) is 49.2 Å². The third-order valence-corrected chi connectivity index (χ3v) is 5.52. The van der Waals surface area contributed by atoms with Gasteiger partial charge in [0, 0.05) is 6.54 Å². The van der Waals surface area contributed by atoms with Crippen LogP contribution in [0.3, 0.4) is 0 Å². The van der Waals surface area contributed by atoms with Crippen molar-refractivity contribution in [1.82, 2.24) is 9.62 Å². The molecule has 148 valence electrons. The van der Waals surface area contributed by atoms with Gasteiger partial charge in [0.1, 0.15) is 11.5 Å². The Morgan fingerprint density at radius 3 is 2.48 bits per heavy atom. The lowest BCUT2D eigenvalue weighted by atomic mass is 10.2. The van der Waals surface area contributed by atoms with E-state index in [-0.39, 0.29) is 29.8 Å². The fourth-order valence-electron chi connectivity index (χ4n) is 2.36. The van der Waals surface area contributed by atoms with Crippen LogP contribution in [0.5, 0.6) is 5.75 Å². The number of benzene rings is 1. The Morgan fingerprint density at radius 1 is 1.22 bits per heavy atom. The number of rotatable bonds is 10. The van der Waals surface area contributed by atoms with Crippen molar-refractivity contribution >= 4 is 15.9 Å². The van der Waals surface area contributed by atoms with E-state index in [4.69, 9.17) is 9.15 Å². The minimum Gasteiger partial charge on any atom is -0.494 e. The van der Waals surface area contributed by atoms with Gasteiger partial charge in [0.25, 0.3) is 0 Å². The Hall–Kier alpha value is -2.32. The summed E-state index contributed by atoms with van der Waals surface area (Å²) in [6, 6.07) is 9.49. The molecule has 1 heterocycles. The van der Waals surface area contributed by atoms with E-state index in [0.717, 1.165) is 4.31 Å². The fourth-order valence-corrected chi connectivity index (χ4v) is 3.72. The predicted octanol–water partition coefficient (Wildman–Crippen LogP) is 2.64. The molecule has 0 unspecified atom stereocenters. The quantitative estimate of drug-likeness (QED) is 0.669. The smallest absolute Gasteiger partial charge is 0.243 e. The van der Waals surface area contributed by atoms with Gasteiger partial charge in [-0.3, -0.25) is 4.79 Å². The molecule has 7 nitrogen and oxygen atoms in total. The second kappa shape index (κ2) is 9.57. The highest BCUT2D eigenvalue weighted by Crippen LogP contribution is 2.21. The van der Waals surface area contributed by atoms with Gasteiger partial charge in [0.2, 0.25) is 15.9 Å². The summed E-state index contributed by atoms with van der Waals surface area (Å²) >= 11 is 0. The maximum Gasteiger partial charge on any atom is 0.243 e. The largest absolute Gasteiger partial charge is 0.494 e. The number of ether oxygens (including phenoxy) is 1. The first kappa shape index (κ1) is 21.0. The molecular weight excluding hydrogens is 368 g/mol. The molecule has 2 rings (SSSR count). The van der Waals surface area contributed by atoms with Crippen LogP contribution >= 0.6 is 0 Å². The fraction of sp³-hybridized carbons (Fsp3) is 0.421. The molecule has 1 aromatic carbocycles. The van der Waals surface area contributed by atoms with Gasteiger partial charge in [-0.15, -0.1) is 0 Å². The second-order valence-corrected chi connectivity index (χ2v) is 8.39. The molecule has 0 radical (unpaired) electrons. The van der Waals surface area contributed by atoms with Gasteiger partial charge >= 0.3 is 0 Å². The number of carbonyl (C=O) groups excluding carboxylic acids is 1. The SMILES string of the molecule is CCOc1ccc(S(=O)(=O)N(CC(=O)NCC(C)C)Cc2ccco2)cc1. The van der Waals surface area contributed by atoms with Crippen LogP contribution in [0.25, 0.3) is 0 Å². The van der Waals surface area contributed by atoms with Crippen LogP contribution in [-0.2, 0) is 21.4 Å². The molecule has 0 saturated heterocycles. The topological polar surface area (TPSA) is 88.9 Å². The summed E-state index contributed by atoms with van der Waals surface area (Å²) in [5, 5.41) is 2.75. The molecule has 0 fully saturated rings. The highest BCUT2D eigenvalue weighted by Gasteiger charge is 2.27. The lowest BCUT2D eigenvalue weighted by molar-refractivity contribution is -0.121. The first-order chi connectivity index (χ1) is 12.8. The van der Waals surface area contributed by atoms with Crippen molar-refractivity contribution in [2.75, 3.05) is 19.7 Å². The summed E-state index contributed by atoms with van der Waals surface area (Å²) < 4.78 is 37.9. The van der Waals surface area contributed by atoms with E-state index in [9.17, 15) is 13.2 Å². The second-order valence-electron chi connectivity index (χ2n) is 6.45. The van der Waals surface area contributed by atoms with Crippen molar-refractivity contribution in [3.8, 4) is 5.75 Å². The average molecular weight is 394 g/mol. The van der Waals surface area contributed by atoms with E-state index in [2.05, 4.69) is 5.32 Å². The van der Waals surface area contributed by atoms with Gasteiger partial charge in [-0.1, -0.05) is 13.8 Å². The highest BCUT2D eigenvalue weighted by atomic mass is 32.2. The zero-order chi connectivity index (χ0) is 19.9. The minimum atomic E-state index is -3.89. The summed E-state index contributed by atoms with van der Waals surface area (Å²) in [4.78, 5) is 12.3. The summed E-state index contributed by atoms with van der Waals surface area (Å²) in [6.45, 7) is 6.45. The maximum absolute atomic E-state index is 13.1. The Balaban J connectivity index is 2.22. The van der Waals surface area contributed by atoms with Crippen molar-refractivity contribution < 1.29 is 22.4 Å². The van der Waals surface area contributed by atoms with E-state index in [1.165, 1.54) is 18.4 Å². The molecule has 0 bridgehead atoms. The molecule has 1 aromatic heterocycles. The average Bonchev–Trinajstić information content (AvgIpc) is 3.13. The summed E-state index contributed by atoms with van der Waals surface area (Å²) in [6.07, 6.45) is 1.47. The number of hydrogen-bond acceptors (Lipinski definition) is 5. The standard InChI is InChI=1S/C19H26N2O5S/c1-4-25-16-7-9-18(10-8-16)27(23,24)21(13-17-6-5-11-26-17)14-19(22)20-12-15(2)3/h5-11,15H,4,12-14H2,1-3H3,(H,20,22). The van der Waals surface area contributed by atoms with Crippen molar-refractivity contribution in [1.29, 1.82) is 0 Å². The van der Waals surface area contributed by atoms with Gasteiger partial charge < -0.3 is 14.5 Å². The number of carbonyl (C=O) groups is 1. The monoisotopic (exact) mass is 394 g/mol. The van der Waals surface area contributed by atoms with Crippen LogP contribution in [0.2, 0.25) is 0 Å². The number of nitrogens with zero attached hydrogens (tertiary/aromatic N) is 1. The minimum absolute atomic E-state index is 0.0301. The van der Waals surface area contributed by atoms with Crippen LogP contribution < -0.4 is 10.1 Å². The third kappa shape index (κ3) is 6.11. The molecular formula is C19H26N2O5S. The molecule has 1 amide bonds. The summed E-state index contributed by atoms with van der Waals surface area (Å²) in [5.74, 6) is 0.963. The van der Waals surface area contributed by atoms with Gasteiger partial charge in [-0.2, -0.15) is 4.31 Å². The molecule has 1 N–H and O–H groups in total. The third-order valence-electron chi connectivity index (χ3n) is 3.71. The van der Waals surface area contributed by atoms with Crippen LogP contribution in [0, 0.1) is 5.92 Å². The van der Waals surface area contributed by atoms with Crippen LogP contribution in [-0.4, -0.2) is 38.3 Å². The molecule has 0 aliphatic carbocycles. The normalized spacial score (nSPS) is 11.7. The molecule has 0 spiro atoms. The van der Waals surface area contributed by atoms with Gasteiger partial charge in [0.15, 0.2) is 0 Å². The number of nitrogens with one attached hydrogen (secondary N) is 1. The molecule has 0 atom stereocenters. The van der Waals surface area contributed by atoms with Crippen LogP contribution in [0.15, 0.2) is 52.0 Å². The predicted molar refractivity (Wildman–Crippen MR) is 102 cm³/mol. The zero-order valence-electron chi connectivity index (χ0n) is 15.8. The van der Waals surface area contributed by atoms with Gasteiger partial charge in [-0.25, -0.2) is 8.42 Å². The molecule has 27 heavy (non-hydrogen) atoms. The number of hydrogen-bond donors (Lipinski definition) is 1. The Kier molecular flexibility index (Phi) is 7.44. The van der Waals surface area contributed by atoms with Crippen LogP contribution in [0.4, 0.5) is 0 Å². The first-order valence-electron chi connectivity index (χ1n) is 8.85. The summed E-state index contributed by atoms with van der Waals surface area (Å²) in [5.41, 5.74) is 0. The Morgan fingerprint density at radius 2 is 1.93 bits per heavy atom. The lowest BCUT2D eigenvalue weighted by Crippen LogP contribution is -2.41. The highest BCUT2D eigenvalue weighted by molar-refractivity contribution is 7.89. The van der Waals surface area contributed by atoms with Crippen molar-refractivity contribution in [2.45, 2.75) is 32.2 Å². The van der Waals surface area contributed by atoms with E-state index in [1.807, 2.05) is 20.8 Å². The zero-order valence-corrected chi connectivity index (χ0v) is 16.7. The van der Waals surface area contributed by atoms with E-state index in [0.29, 0.717) is 24.7 Å². The molecule has 8 heteroatoms. The van der Waals surface area contributed by atoms with E-state index < -0.39 is 10.0 Å². The van der Waals surface area contributed by atoms with Crippen molar-refractivity contribution in [3.63, 3.8) is 0 Å². The van der Waals surface area contributed by atoms with E-state index in [1.54, 1.807) is 24.3 Å². The van der Waals surface area contributed by atoms with Crippen LogP contribution in [0.1, 0.15) is 26.5 Å². The number of furan rings is 1. The number of sulfonamides is 1. The Bertz CT molecular complexity index is 814. The van der Waals surface area contributed by atoms with Crippen molar-refractivity contribution in [3.05, 3.63) is 48.4 Å². The van der Waals surface area contributed by atoms with Crippen molar-refractivity contribution in [2.24, 2.45) is 5.92 Å².